The lowest BCUT2D eigenvalue weighted by Crippen LogP contribution is -2.05. The van der Waals surface area contributed by atoms with Crippen molar-refractivity contribution >= 4 is 23.1 Å². The number of aryl methyl sites for hydroxylation is 2. The summed E-state index contributed by atoms with van der Waals surface area (Å²) in [5.41, 5.74) is 2.73. The third-order valence-electron chi connectivity index (χ3n) is 2.82. The van der Waals surface area contributed by atoms with Crippen LogP contribution in [0.3, 0.4) is 0 Å². The van der Waals surface area contributed by atoms with Gasteiger partial charge in [0.15, 0.2) is 0 Å². The molecule has 0 atom stereocenters. The highest BCUT2D eigenvalue weighted by atomic mass is 16.6. The molecule has 2 N–H and O–H groups in total. The molecule has 0 bridgehead atoms. The first-order chi connectivity index (χ1) is 9.51. The molecule has 1 aromatic carbocycles. The summed E-state index contributed by atoms with van der Waals surface area (Å²) < 4.78 is 0. The van der Waals surface area contributed by atoms with Crippen molar-refractivity contribution in [1.29, 1.82) is 0 Å². The average molecular weight is 273 g/mol. The van der Waals surface area contributed by atoms with Gasteiger partial charge in [0.2, 0.25) is 11.8 Å². The summed E-state index contributed by atoms with van der Waals surface area (Å²) in [4.78, 5) is 18.5. The summed E-state index contributed by atoms with van der Waals surface area (Å²) in [6.45, 7) is 3.92. The van der Waals surface area contributed by atoms with Crippen LogP contribution >= 0.6 is 0 Å². The van der Waals surface area contributed by atoms with Crippen LogP contribution in [-0.4, -0.2) is 21.9 Å². The summed E-state index contributed by atoms with van der Waals surface area (Å²) in [7, 11) is 1.65. The first-order valence-electron chi connectivity index (χ1n) is 6.04. The highest BCUT2D eigenvalue weighted by molar-refractivity contribution is 5.68. The predicted molar refractivity (Wildman–Crippen MR) is 77.4 cm³/mol. The number of benzene rings is 1. The largest absolute Gasteiger partial charge is 0.357 e. The Morgan fingerprint density at radius 2 is 2.05 bits per heavy atom. The van der Waals surface area contributed by atoms with Gasteiger partial charge < -0.3 is 10.6 Å². The van der Waals surface area contributed by atoms with Crippen molar-refractivity contribution in [1.82, 2.24) is 9.97 Å². The maximum Gasteiger partial charge on any atom is 0.329 e. The van der Waals surface area contributed by atoms with Gasteiger partial charge in [0.25, 0.3) is 0 Å². The van der Waals surface area contributed by atoms with Crippen LogP contribution in [0.1, 0.15) is 11.1 Å². The second-order valence-corrected chi connectivity index (χ2v) is 4.38. The first kappa shape index (κ1) is 13.7. The summed E-state index contributed by atoms with van der Waals surface area (Å²) in [5.74, 6) is 0.490. The zero-order valence-corrected chi connectivity index (χ0v) is 11.5. The number of hydrogen-bond donors (Lipinski definition) is 2. The van der Waals surface area contributed by atoms with E-state index in [1.807, 2.05) is 32.0 Å². The molecule has 0 spiro atoms. The molecule has 7 heteroatoms. The van der Waals surface area contributed by atoms with E-state index in [1.54, 1.807) is 7.05 Å². The van der Waals surface area contributed by atoms with E-state index >= 15 is 0 Å². The van der Waals surface area contributed by atoms with Crippen LogP contribution in [0.15, 0.2) is 24.4 Å². The minimum atomic E-state index is -0.509. The van der Waals surface area contributed by atoms with Gasteiger partial charge in [-0.25, -0.2) is 4.98 Å². The average Bonchev–Trinajstić information content (AvgIpc) is 2.41. The number of nitrogens with one attached hydrogen (secondary N) is 2. The third-order valence-corrected chi connectivity index (χ3v) is 2.82. The van der Waals surface area contributed by atoms with Gasteiger partial charge in [0, 0.05) is 12.7 Å². The van der Waals surface area contributed by atoms with E-state index < -0.39 is 4.92 Å². The van der Waals surface area contributed by atoms with Crippen LogP contribution in [-0.2, 0) is 0 Å². The fraction of sp³-hybridized carbons (Fsp3) is 0.231. The van der Waals surface area contributed by atoms with Crippen molar-refractivity contribution in [2.24, 2.45) is 0 Å². The van der Waals surface area contributed by atoms with Crippen molar-refractivity contribution in [3.8, 4) is 0 Å². The van der Waals surface area contributed by atoms with Crippen LogP contribution < -0.4 is 10.6 Å². The lowest BCUT2D eigenvalue weighted by molar-refractivity contribution is -0.384. The van der Waals surface area contributed by atoms with Gasteiger partial charge in [0.05, 0.1) is 4.92 Å². The quantitative estimate of drug-likeness (QED) is 0.657. The molecule has 0 aliphatic carbocycles. The van der Waals surface area contributed by atoms with Crippen LogP contribution in [0, 0.1) is 24.0 Å². The molecule has 7 nitrogen and oxygen atoms in total. The molecule has 0 unspecified atom stereocenters. The maximum atomic E-state index is 11.0. The Labute approximate surface area is 116 Å². The Kier molecular flexibility index (Phi) is 3.79. The van der Waals surface area contributed by atoms with E-state index in [0.29, 0.717) is 5.95 Å². The van der Waals surface area contributed by atoms with E-state index in [-0.39, 0.29) is 11.5 Å². The SMILES string of the molecule is CNc1ncc([N+](=O)[O-])c(Nc2ccc(C)cc2C)n1. The van der Waals surface area contributed by atoms with Gasteiger partial charge in [0.1, 0.15) is 6.20 Å². The Morgan fingerprint density at radius 1 is 1.30 bits per heavy atom. The van der Waals surface area contributed by atoms with Gasteiger partial charge in [-0.3, -0.25) is 10.1 Å². The maximum absolute atomic E-state index is 11.0. The minimum absolute atomic E-state index is 0.163. The molecule has 2 rings (SSSR count). The molecule has 20 heavy (non-hydrogen) atoms. The lowest BCUT2D eigenvalue weighted by atomic mass is 10.1. The summed E-state index contributed by atoms with van der Waals surface area (Å²) in [5, 5.41) is 16.8. The highest BCUT2D eigenvalue weighted by Gasteiger charge is 2.17. The number of rotatable bonds is 4. The number of nitrogens with zero attached hydrogens (tertiary/aromatic N) is 3. The highest BCUT2D eigenvalue weighted by Crippen LogP contribution is 2.27. The zero-order chi connectivity index (χ0) is 14.7. The molecule has 0 saturated heterocycles. The van der Waals surface area contributed by atoms with Gasteiger partial charge in [-0.2, -0.15) is 4.98 Å². The molecule has 0 radical (unpaired) electrons. The summed E-state index contributed by atoms with van der Waals surface area (Å²) >= 11 is 0. The first-order valence-corrected chi connectivity index (χ1v) is 6.04. The topological polar surface area (TPSA) is 93.0 Å². The molecule has 1 heterocycles. The van der Waals surface area contributed by atoms with Gasteiger partial charge in [-0.05, 0) is 25.5 Å². The molecule has 0 aliphatic rings. The predicted octanol–water partition coefficient (Wildman–Crippen LogP) is 2.79. The Morgan fingerprint density at radius 3 is 2.65 bits per heavy atom. The van der Waals surface area contributed by atoms with Crippen molar-refractivity contribution in [2.45, 2.75) is 13.8 Å². The van der Waals surface area contributed by atoms with E-state index in [4.69, 9.17) is 0 Å². The number of aromatic nitrogens is 2. The molecule has 2 aromatic rings. The molecular weight excluding hydrogens is 258 g/mol. The van der Waals surface area contributed by atoms with Gasteiger partial charge in [-0.15, -0.1) is 0 Å². The van der Waals surface area contributed by atoms with E-state index in [1.165, 1.54) is 6.20 Å². The monoisotopic (exact) mass is 273 g/mol. The Bertz CT molecular complexity index is 657. The molecule has 0 aliphatic heterocycles. The molecule has 0 fully saturated rings. The van der Waals surface area contributed by atoms with Crippen LogP contribution in [0.5, 0.6) is 0 Å². The fourth-order valence-corrected chi connectivity index (χ4v) is 1.80. The van der Waals surface area contributed by atoms with Crippen LogP contribution in [0.2, 0.25) is 0 Å². The molecule has 1 aromatic heterocycles. The lowest BCUT2D eigenvalue weighted by Gasteiger charge is -2.10. The van der Waals surface area contributed by atoms with Crippen molar-refractivity contribution in [3.63, 3.8) is 0 Å². The van der Waals surface area contributed by atoms with Crippen molar-refractivity contribution < 1.29 is 4.92 Å². The van der Waals surface area contributed by atoms with Crippen molar-refractivity contribution in [2.75, 3.05) is 17.7 Å². The smallest absolute Gasteiger partial charge is 0.329 e. The second kappa shape index (κ2) is 5.52. The summed E-state index contributed by atoms with van der Waals surface area (Å²) in [6.07, 6.45) is 1.19. The standard InChI is InChI=1S/C13H15N5O2/c1-8-4-5-10(9(2)6-8)16-12-11(18(19)20)7-15-13(14-3)17-12/h4-7H,1-3H3,(H2,14,15,16,17). The second-order valence-electron chi connectivity index (χ2n) is 4.38. The molecular formula is C13H15N5O2. The van der Waals surface area contributed by atoms with Crippen LogP contribution in [0.4, 0.5) is 23.1 Å². The number of nitro groups is 1. The summed E-state index contributed by atoms with van der Waals surface area (Å²) in [6, 6.07) is 5.80. The fourth-order valence-electron chi connectivity index (χ4n) is 1.80. The third kappa shape index (κ3) is 2.82. The zero-order valence-electron chi connectivity index (χ0n) is 11.5. The number of anilines is 3. The Hall–Kier alpha value is -2.70. The minimum Gasteiger partial charge on any atom is -0.357 e. The molecule has 0 saturated carbocycles. The van der Waals surface area contributed by atoms with E-state index in [9.17, 15) is 10.1 Å². The van der Waals surface area contributed by atoms with Gasteiger partial charge in [-0.1, -0.05) is 17.7 Å². The van der Waals surface area contributed by atoms with E-state index in [2.05, 4.69) is 20.6 Å². The van der Waals surface area contributed by atoms with E-state index in [0.717, 1.165) is 16.8 Å². The van der Waals surface area contributed by atoms with Crippen LogP contribution in [0.25, 0.3) is 0 Å². The van der Waals surface area contributed by atoms with Gasteiger partial charge >= 0.3 is 5.69 Å². The van der Waals surface area contributed by atoms with Crippen molar-refractivity contribution in [3.05, 3.63) is 45.6 Å². The normalized spacial score (nSPS) is 10.2. The molecule has 104 valence electrons. The number of hydrogen-bond acceptors (Lipinski definition) is 6. The molecule has 0 amide bonds. The Balaban J connectivity index is 2.43.